The number of rotatable bonds is 4. The van der Waals surface area contributed by atoms with Gasteiger partial charge in [-0.05, 0) is 39.5 Å². The van der Waals surface area contributed by atoms with Gasteiger partial charge in [-0.15, -0.1) is 0 Å². The minimum absolute atomic E-state index is 0.300. The van der Waals surface area contributed by atoms with Gasteiger partial charge in [0.25, 0.3) is 0 Å². The summed E-state index contributed by atoms with van der Waals surface area (Å²) in [4.78, 5) is 17.7. The fourth-order valence-corrected chi connectivity index (χ4v) is 4.77. The van der Waals surface area contributed by atoms with Crippen molar-refractivity contribution >= 4 is 5.91 Å². The van der Waals surface area contributed by atoms with Gasteiger partial charge >= 0.3 is 0 Å². The number of amides is 1. The van der Waals surface area contributed by atoms with Gasteiger partial charge in [0.2, 0.25) is 5.91 Å². The van der Waals surface area contributed by atoms with Crippen molar-refractivity contribution in [3.8, 4) is 0 Å². The zero-order chi connectivity index (χ0) is 16.3. The normalized spacial score (nSPS) is 25.9. The molecule has 0 atom stereocenters. The molecule has 0 aromatic carbocycles. The Bertz CT molecular complexity index is 389. The summed E-state index contributed by atoms with van der Waals surface area (Å²) in [5, 5.41) is 3.65. The largest absolute Gasteiger partial charge is 0.339 e. The molecule has 1 amide bonds. The second kappa shape index (κ2) is 7.52. The minimum atomic E-state index is -0.419. The van der Waals surface area contributed by atoms with E-state index >= 15 is 0 Å². The average Bonchev–Trinajstić information content (AvgIpc) is 3.09. The molecule has 0 radical (unpaired) electrons. The average molecular weight is 322 g/mol. The molecule has 2 aliphatic carbocycles. The van der Waals surface area contributed by atoms with Crippen molar-refractivity contribution < 1.29 is 4.79 Å². The molecule has 3 aliphatic rings. The van der Waals surface area contributed by atoms with Crippen LogP contribution in [0, 0.1) is 0 Å². The van der Waals surface area contributed by atoms with E-state index in [1.54, 1.807) is 0 Å². The topological polar surface area (TPSA) is 35.6 Å². The zero-order valence-electron chi connectivity index (χ0n) is 15.1. The highest BCUT2D eigenvalue weighted by molar-refractivity contribution is 5.85. The maximum atomic E-state index is 13.0. The Labute approximate surface area is 142 Å². The Morgan fingerprint density at radius 2 is 1.43 bits per heavy atom. The van der Waals surface area contributed by atoms with E-state index in [1.165, 1.54) is 57.8 Å². The molecule has 3 fully saturated rings. The van der Waals surface area contributed by atoms with E-state index in [1.807, 2.05) is 0 Å². The highest BCUT2D eigenvalue weighted by atomic mass is 16.2. The molecule has 0 unspecified atom stereocenters. The number of carbonyl (C=O) groups excluding carboxylic acids is 1. The molecule has 4 nitrogen and oxygen atoms in total. The molecule has 132 valence electrons. The lowest BCUT2D eigenvalue weighted by atomic mass is 9.92. The molecule has 2 saturated carbocycles. The molecule has 1 saturated heterocycles. The van der Waals surface area contributed by atoms with Crippen molar-refractivity contribution in [3.63, 3.8) is 0 Å². The first-order chi connectivity index (χ1) is 11.1. The van der Waals surface area contributed by atoms with Crippen LogP contribution in [0.4, 0.5) is 0 Å². The predicted molar refractivity (Wildman–Crippen MR) is 94.5 cm³/mol. The van der Waals surface area contributed by atoms with E-state index < -0.39 is 5.54 Å². The summed E-state index contributed by atoms with van der Waals surface area (Å²) < 4.78 is 0. The summed E-state index contributed by atoms with van der Waals surface area (Å²) in [6, 6.07) is 1.32. The lowest BCUT2D eigenvalue weighted by Crippen LogP contribution is -2.61. The van der Waals surface area contributed by atoms with Crippen molar-refractivity contribution in [1.82, 2.24) is 15.1 Å². The van der Waals surface area contributed by atoms with Crippen LogP contribution in [0.3, 0.4) is 0 Å². The Morgan fingerprint density at radius 1 is 0.870 bits per heavy atom. The molecule has 0 bridgehead atoms. The fourth-order valence-electron chi connectivity index (χ4n) is 4.77. The molecular formula is C19H35N3O. The number of nitrogens with one attached hydrogen (secondary N) is 1. The molecule has 1 N–H and O–H groups in total. The molecule has 3 rings (SSSR count). The van der Waals surface area contributed by atoms with Crippen LogP contribution in [0.25, 0.3) is 0 Å². The van der Waals surface area contributed by atoms with E-state index in [2.05, 4.69) is 29.0 Å². The Morgan fingerprint density at radius 3 is 2.04 bits per heavy atom. The molecular weight excluding hydrogens is 286 g/mol. The summed E-state index contributed by atoms with van der Waals surface area (Å²) in [5.74, 6) is 0.300. The smallest absolute Gasteiger partial charge is 0.242 e. The third-order valence-corrected chi connectivity index (χ3v) is 6.15. The predicted octanol–water partition coefficient (Wildman–Crippen LogP) is 2.77. The van der Waals surface area contributed by atoms with E-state index in [0.717, 1.165) is 32.2 Å². The summed E-state index contributed by atoms with van der Waals surface area (Å²) in [6.45, 7) is 8.10. The Kier molecular flexibility index (Phi) is 5.63. The standard InChI is InChI=1S/C19H35N3O/c1-19(2,20-16-8-4-3-5-9-16)18(23)22-14-12-21(13-15-22)17-10-6-7-11-17/h16-17,20H,3-15H2,1-2H3. The van der Waals surface area contributed by atoms with Crippen molar-refractivity contribution in [1.29, 1.82) is 0 Å². The first kappa shape index (κ1) is 17.2. The SMILES string of the molecule is CC(C)(NC1CCCCC1)C(=O)N1CCN(C2CCCC2)CC1. The van der Waals surface area contributed by atoms with Crippen LogP contribution in [0.5, 0.6) is 0 Å². The monoisotopic (exact) mass is 321 g/mol. The Hall–Kier alpha value is -0.610. The van der Waals surface area contributed by atoms with E-state index in [-0.39, 0.29) is 0 Å². The maximum Gasteiger partial charge on any atom is 0.242 e. The minimum Gasteiger partial charge on any atom is -0.339 e. The van der Waals surface area contributed by atoms with Gasteiger partial charge in [-0.2, -0.15) is 0 Å². The van der Waals surface area contributed by atoms with Gasteiger partial charge in [-0.1, -0.05) is 32.1 Å². The number of nitrogens with zero attached hydrogens (tertiary/aromatic N) is 2. The summed E-state index contributed by atoms with van der Waals surface area (Å²) in [7, 11) is 0. The van der Waals surface area contributed by atoms with Crippen LogP contribution in [0.15, 0.2) is 0 Å². The Balaban J connectivity index is 1.49. The van der Waals surface area contributed by atoms with E-state index in [0.29, 0.717) is 11.9 Å². The van der Waals surface area contributed by atoms with Crippen molar-refractivity contribution in [3.05, 3.63) is 0 Å². The molecule has 4 heteroatoms. The van der Waals surface area contributed by atoms with E-state index in [9.17, 15) is 4.79 Å². The first-order valence-corrected chi connectivity index (χ1v) is 9.87. The summed E-state index contributed by atoms with van der Waals surface area (Å²) in [6.07, 6.45) is 11.9. The maximum absolute atomic E-state index is 13.0. The van der Waals surface area contributed by atoms with Crippen molar-refractivity contribution in [2.24, 2.45) is 0 Å². The van der Waals surface area contributed by atoms with Crippen LogP contribution in [-0.2, 0) is 4.79 Å². The molecule has 23 heavy (non-hydrogen) atoms. The quantitative estimate of drug-likeness (QED) is 0.865. The van der Waals surface area contributed by atoms with Crippen LogP contribution in [0.1, 0.15) is 71.6 Å². The van der Waals surface area contributed by atoms with Gasteiger partial charge < -0.3 is 10.2 Å². The lowest BCUT2D eigenvalue weighted by molar-refractivity contribution is -0.139. The van der Waals surface area contributed by atoms with Crippen LogP contribution in [-0.4, -0.2) is 59.5 Å². The van der Waals surface area contributed by atoms with Crippen LogP contribution in [0.2, 0.25) is 0 Å². The van der Waals surface area contributed by atoms with Gasteiger partial charge in [0.05, 0.1) is 5.54 Å². The third kappa shape index (κ3) is 4.27. The number of carbonyl (C=O) groups is 1. The second-order valence-electron chi connectivity index (χ2n) is 8.37. The second-order valence-corrected chi connectivity index (χ2v) is 8.37. The van der Waals surface area contributed by atoms with Crippen LogP contribution >= 0.6 is 0 Å². The fraction of sp³-hybridized carbons (Fsp3) is 0.947. The number of hydrogen-bond donors (Lipinski definition) is 1. The summed E-state index contributed by atoms with van der Waals surface area (Å²) in [5.41, 5.74) is -0.419. The van der Waals surface area contributed by atoms with Gasteiger partial charge in [0, 0.05) is 38.3 Å². The van der Waals surface area contributed by atoms with E-state index in [4.69, 9.17) is 0 Å². The molecule has 0 aromatic rings. The number of hydrogen-bond acceptors (Lipinski definition) is 3. The van der Waals surface area contributed by atoms with Gasteiger partial charge in [0.15, 0.2) is 0 Å². The van der Waals surface area contributed by atoms with Gasteiger partial charge in [-0.3, -0.25) is 9.69 Å². The van der Waals surface area contributed by atoms with Crippen molar-refractivity contribution in [2.45, 2.75) is 89.3 Å². The number of piperazine rings is 1. The zero-order valence-corrected chi connectivity index (χ0v) is 15.1. The highest BCUT2D eigenvalue weighted by Gasteiger charge is 2.36. The van der Waals surface area contributed by atoms with Crippen LogP contribution < -0.4 is 5.32 Å². The highest BCUT2D eigenvalue weighted by Crippen LogP contribution is 2.25. The third-order valence-electron chi connectivity index (χ3n) is 6.15. The van der Waals surface area contributed by atoms with Crippen molar-refractivity contribution in [2.75, 3.05) is 26.2 Å². The molecule has 1 heterocycles. The van der Waals surface area contributed by atoms with Gasteiger partial charge in [0.1, 0.15) is 0 Å². The lowest BCUT2D eigenvalue weighted by Gasteiger charge is -2.42. The summed E-state index contributed by atoms with van der Waals surface area (Å²) >= 11 is 0. The first-order valence-electron chi connectivity index (χ1n) is 9.87. The van der Waals surface area contributed by atoms with Gasteiger partial charge in [-0.25, -0.2) is 0 Å². The molecule has 1 aliphatic heterocycles. The molecule has 0 aromatic heterocycles. The molecule has 0 spiro atoms.